The van der Waals surface area contributed by atoms with Crippen LogP contribution in [0.1, 0.15) is 51.6 Å². The van der Waals surface area contributed by atoms with Crippen molar-refractivity contribution in [3.63, 3.8) is 0 Å². The van der Waals surface area contributed by atoms with E-state index in [4.69, 9.17) is 11.6 Å². The summed E-state index contributed by atoms with van der Waals surface area (Å²) in [5.41, 5.74) is 1.01. The molecule has 0 radical (unpaired) electrons. The monoisotopic (exact) mass is 296 g/mol. The standard InChI is InChI=1S/C16H25ClN2O/c1-4-5-8-11-18-16(20)13(3)19-12(2)14-9-6-7-10-15(14)17/h6-7,9-10,12-13,19H,4-5,8,11H2,1-3H3,(H,18,20). The topological polar surface area (TPSA) is 41.1 Å². The molecule has 1 amide bonds. The van der Waals surface area contributed by atoms with E-state index in [1.54, 1.807) is 0 Å². The van der Waals surface area contributed by atoms with Gasteiger partial charge in [-0.2, -0.15) is 0 Å². The molecule has 0 aliphatic heterocycles. The second-order valence-electron chi connectivity index (χ2n) is 5.13. The zero-order valence-electron chi connectivity index (χ0n) is 12.6. The molecule has 112 valence electrons. The van der Waals surface area contributed by atoms with Crippen LogP contribution in [0.2, 0.25) is 5.02 Å². The molecule has 2 atom stereocenters. The largest absolute Gasteiger partial charge is 0.355 e. The van der Waals surface area contributed by atoms with Gasteiger partial charge in [0.15, 0.2) is 0 Å². The third-order valence-corrected chi connectivity index (χ3v) is 3.69. The van der Waals surface area contributed by atoms with Gasteiger partial charge < -0.3 is 5.32 Å². The Morgan fingerprint density at radius 1 is 1.25 bits per heavy atom. The van der Waals surface area contributed by atoms with Gasteiger partial charge in [0, 0.05) is 17.6 Å². The molecule has 1 aromatic rings. The first-order valence-electron chi connectivity index (χ1n) is 7.34. The Hall–Kier alpha value is -1.06. The Kier molecular flexibility index (Phi) is 7.63. The molecule has 0 heterocycles. The number of carbonyl (C=O) groups is 1. The number of hydrogen-bond donors (Lipinski definition) is 2. The molecule has 20 heavy (non-hydrogen) atoms. The molecule has 0 spiro atoms. The van der Waals surface area contributed by atoms with Crippen molar-refractivity contribution in [1.82, 2.24) is 10.6 Å². The van der Waals surface area contributed by atoms with E-state index < -0.39 is 0 Å². The first kappa shape index (κ1) is 17.0. The van der Waals surface area contributed by atoms with Gasteiger partial charge in [-0.3, -0.25) is 10.1 Å². The Morgan fingerprint density at radius 2 is 1.95 bits per heavy atom. The maximum Gasteiger partial charge on any atom is 0.236 e. The normalized spacial score (nSPS) is 13.8. The molecule has 0 fully saturated rings. The van der Waals surface area contributed by atoms with E-state index in [2.05, 4.69) is 17.6 Å². The van der Waals surface area contributed by atoms with E-state index in [0.717, 1.165) is 36.4 Å². The molecule has 0 saturated carbocycles. The smallest absolute Gasteiger partial charge is 0.236 e. The van der Waals surface area contributed by atoms with Crippen LogP contribution in [0.4, 0.5) is 0 Å². The van der Waals surface area contributed by atoms with Crippen molar-refractivity contribution in [2.45, 2.75) is 52.1 Å². The minimum absolute atomic E-state index is 0.0417. The van der Waals surface area contributed by atoms with Crippen molar-refractivity contribution in [2.24, 2.45) is 0 Å². The Morgan fingerprint density at radius 3 is 2.60 bits per heavy atom. The average Bonchev–Trinajstić information content (AvgIpc) is 2.43. The Bertz CT molecular complexity index is 423. The van der Waals surface area contributed by atoms with Gasteiger partial charge in [-0.25, -0.2) is 0 Å². The first-order chi connectivity index (χ1) is 9.56. The summed E-state index contributed by atoms with van der Waals surface area (Å²) in [5.74, 6) is 0.0417. The van der Waals surface area contributed by atoms with Gasteiger partial charge in [-0.05, 0) is 31.9 Å². The van der Waals surface area contributed by atoms with E-state index in [1.165, 1.54) is 0 Å². The van der Waals surface area contributed by atoms with Crippen LogP contribution < -0.4 is 10.6 Å². The van der Waals surface area contributed by atoms with Gasteiger partial charge in [0.2, 0.25) is 5.91 Å². The van der Waals surface area contributed by atoms with E-state index in [-0.39, 0.29) is 18.0 Å². The fourth-order valence-corrected chi connectivity index (χ4v) is 2.41. The van der Waals surface area contributed by atoms with Gasteiger partial charge in [0.1, 0.15) is 0 Å². The highest BCUT2D eigenvalue weighted by molar-refractivity contribution is 6.31. The highest BCUT2D eigenvalue weighted by atomic mass is 35.5. The number of benzene rings is 1. The molecule has 0 saturated heterocycles. The van der Waals surface area contributed by atoms with Crippen LogP contribution in [0.15, 0.2) is 24.3 Å². The van der Waals surface area contributed by atoms with Crippen molar-refractivity contribution in [3.8, 4) is 0 Å². The summed E-state index contributed by atoms with van der Waals surface area (Å²) in [6.07, 6.45) is 3.35. The van der Waals surface area contributed by atoms with Gasteiger partial charge in [-0.15, -0.1) is 0 Å². The van der Waals surface area contributed by atoms with Crippen molar-refractivity contribution in [1.29, 1.82) is 0 Å². The molecule has 2 unspecified atom stereocenters. The number of amides is 1. The van der Waals surface area contributed by atoms with Crippen LogP contribution >= 0.6 is 11.6 Å². The van der Waals surface area contributed by atoms with E-state index in [1.807, 2.05) is 38.1 Å². The van der Waals surface area contributed by atoms with Crippen LogP contribution in [0, 0.1) is 0 Å². The quantitative estimate of drug-likeness (QED) is 0.718. The summed E-state index contributed by atoms with van der Waals surface area (Å²) in [6, 6.07) is 7.51. The second kappa shape index (κ2) is 8.98. The molecule has 0 aliphatic carbocycles. The zero-order chi connectivity index (χ0) is 15.0. The maximum absolute atomic E-state index is 12.0. The van der Waals surface area contributed by atoms with Crippen LogP contribution in [0.5, 0.6) is 0 Å². The zero-order valence-corrected chi connectivity index (χ0v) is 13.3. The van der Waals surface area contributed by atoms with Crippen LogP contribution in [-0.2, 0) is 4.79 Å². The molecular weight excluding hydrogens is 272 g/mol. The molecule has 0 aromatic heterocycles. The van der Waals surface area contributed by atoms with Crippen molar-refractivity contribution < 1.29 is 4.79 Å². The number of carbonyl (C=O) groups excluding carboxylic acids is 1. The van der Waals surface area contributed by atoms with Crippen molar-refractivity contribution in [2.75, 3.05) is 6.54 Å². The molecule has 1 rings (SSSR count). The third-order valence-electron chi connectivity index (χ3n) is 3.34. The lowest BCUT2D eigenvalue weighted by Crippen LogP contribution is -2.43. The molecule has 2 N–H and O–H groups in total. The summed E-state index contributed by atoms with van der Waals surface area (Å²) in [7, 11) is 0. The fourth-order valence-electron chi connectivity index (χ4n) is 2.11. The van der Waals surface area contributed by atoms with E-state index in [9.17, 15) is 4.79 Å². The minimum atomic E-state index is -0.233. The predicted molar refractivity (Wildman–Crippen MR) is 85.0 cm³/mol. The van der Waals surface area contributed by atoms with Crippen LogP contribution in [-0.4, -0.2) is 18.5 Å². The number of rotatable bonds is 8. The first-order valence-corrected chi connectivity index (χ1v) is 7.72. The number of halogens is 1. The van der Waals surface area contributed by atoms with Gasteiger partial charge in [0.05, 0.1) is 6.04 Å². The van der Waals surface area contributed by atoms with E-state index >= 15 is 0 Å². The maximum atomic E-state index is 12.0. The number of unbranched alkanes of at least 4 members (excludes halogenated alkanes) is 2. The highest BCUT2D eigenvalue weighted by Gasteiger charge is 2.16. The predicted octanol–water partition coefficient (Wildman–Crippen LogP) is 3.69. The summed E-state index contributed by atoms with van der Waals surface area (Å²) < 4.78 is 0. The average molecular weight is 297 g/mol. The number of nitrogens with one attached hydrogen (secondary N) is 2. The summed E-state index contributed by atoms with van der Waals surface area (Å²) in [5, 5.41) is 6.96. The number of hydrogen-bond acceptors (Lipinski definition) is 2. The van der Waals surface area contributed by atoms with Crippen molar-refractivity contribution >= 4 is 17.5 Å². The fraction of sp³-hybridized carbons (Fsp3) is 0.562. The third kappa shape index (κ3) is 5.51. The SMILES string of the molecule is CCCCCNC(=O)C(C)NC(C)c1ccccc1Cl. The summed E-state index contributed by atoms with van der Waals surface area (Å²) in [6.45, 7) is 6.79. The Balaban J connectivity index is 2.43. The summed E-state index contributed by atoms with van der Waals surface area (Å²) in [4.78, 5) is 12.0. The highest BCUT2D eigenvalue weighted by Crippen LogP contribution is 2.22. The molecule has 4 heteroatoms. The minimum Gasteiger partial charge on any atom is -0.355 e. The lowest BCUT2D eigenvalue weighted by atomic mass is 10.1. The molecule has 1 aromatic carbocycles. The van der Waals surface area contributed by atoms with Gasteiger partial charge in [0.25, 0.3) is 0 Å². The molecule has 0 bridgehead atoms. The lowest BCUT2D eigenvalue weighted by Gasteiger charge is -2.20. The van der Waals surface area contributed by atoms with Gasteiger partial charge in [-0.1, -0.05) is 49.6 Å². The Labute approximate surface area is 127 Å². The molecule has 3 nitrogen and oxygen atoms in total. The molecular formula is C16H25ClN2O. The van der Waals surface area contributed by atoms with Crippen molar-refractivity contribution in [3.05, 3.63) is 34.9 Å². The van der Waals surface area contributed by atoms with Gasteiger partial charge >= 0.3 is 0 Å². The van der Waals surface area contributed by atoms with E-state index in [0.29, 0.717) is 0 Å². The van der Waals surface area contributed by atoms with Crippen LogP contribution in [0.25, 0.3) is 0 Å². The lowest BCUT2D eigenvalue weighted by molar-refractivity contribution is -0.122. The molecule has 0 aliphatic rings. The summed E-state index contributed by atoms with van der Waals surface area (Å²) >= 11 is 6.16. The van der Waals surface area contributed by atoms with Crippen LogP contribution in [0.3, 0.4) is 0 Å². The second-order valence-corrected chi connectivity index (χ2v) is 5.54.